The molecule has 2 saturated heterocycles. The van der Waals surface area contributed by atoms with E-state index in [2.05, 4.69) is 16.0 Å². The van der Waals surface area contributed by atoms with Crippen LogP contribution >= 0.6 is 0 Å². The van der Waals surface area contributed by atoms with E-state index in [9.17, 15) is 29.1 Å². The van der Waals surface area contributed by atoms with E-state index in [0.29, 0.717) is 45.2 Å². The van der Waals surface area contributed by atoms with Crippen LogP contribution in [0.4, 0.5) is 4.79 Å². The van der Waals surface area contributed by atoms with Crippen LogP contribution in [0, 0.1) is 5.92 Å². The van der Waals surface area contributed by atoms with Crippen molar-refractivity contribution in [3.8, 4) is 0 Å². The summed E-state index contributed by atoms with van der Waals surface area (Å²) in [6, 6.07) is 6.96. The van der Waals surface area contributed by atoms with E-state index in [-0.39, 0.29) is 30.7 Å². The first-order valence-electron chi connectivity index (χ1n) is 17.0. The molecule has 3 aliphatic heterocycles. The van der Waals surface area contributed by atoms with Crippen molar-refractivity contribution >= 4 is 29.7 Å². The monoisotopic (exact) mass is 651 g/mol. The average molecular weight is 652 g/mol. The molecule has 3 fully saturated rings. The van der Waals surface area contributed by atoms with Crippen LogP contribution < -0.4 is 16.0 Å². The third-order valence-electron chi connectivity index (χ3n) is 9.45. The fourth-order valence-electron chi connectivity index (χ4n) is 6.97. The molecule has 4 aliphatic rings. The zero-order valence-corrected chi connectivity index (χ0v) is 27.7. The quantitative estimate of drug-likeness (QED) is 0.357. The number of carbonyl (C=O) groups is 5. The van der Waals surface area contributed by atoms with Gasteiger partial charge in [0, 0.05) is 32.0 Å². The lowest BCUT2D eigenvalue weighted by Gasteiger charge is -2.32. The van der Waals surface area contributed by atoms with Crippen molar-refractivity contribution in [1.29, 1.82) is 0 Å². The lowest BCUT2D eigenvalue weighted by atomic mass is 10.0. The molecule has 6 atom stereocenters. The van der Waals surface area contributed by atoms with E-state index in [1.54, 1.807) is 25.7 Å². The molecule has 0 spiro atoms. The molecule has 0 aromatic heterocycles. The number of ether oxygens (including phenoxy) is 1. The van der Waals surface area contributed by atoms with E-state index in [1.165, 1.54) is 4.90 Å². The molecular formula is C35H49N5O7. The third kappa shape index (κ3) is 8.33. The van der Waals surface area contributed by atoms with Crippen molar-refractivity contribution in [2.24, 2.45) is 5.92 Å². The van der Waals surface area contributed by atoms with Crippen LogP contribution in [0.1, 0.15) is 84.1 Å². The molecule has 256 valence electrons. The predicted molar refractivity (Wildman–Crippen MR) is 174 cm³/mol. The number of hydrogen-bond acceptors (Lipinski definition) is 7. The van der Waals surface area contributed by atoms with E-state index < -0.39 is 53.3 Å². The van der Waals surface area contributed by atoms with Gasteiger partial charge in [-0.2, -0.15) is 0 Å². The number of rotatable bonds is 5. The van der Waals surface area contributed by atoms with Gasteiger partial charge in [-0.1, -0.05) is 55.3 Å². The summed E-state index contributed by atoms with van der Waals surface area (Å²) < 4.78 is 5.41. The van der Waals surface area contributed by atoms with Crippen molar-refractivity contribution in [2.45, 2.75) is 120 Å². The van der Waals surface area contributed by atoms with E-state index in [4.69, 9.17) is 4.74 Å². The number of amides is 5. The number of carbonyl (C=O) groups excluding carboxylic acids is 5. The lowest BCUT2D eigenvalue weighted by molar-refractivity contribution is -0.145. The average Bonchev–Trinajstić information content (AvgIpc) is 3.32. The number of nitrogens with one attached hydrogen (secondary N) is 3. The van der Waals surface area contributed by atoms with Crippen LogP contribution in [-0.2, 0) is 30.5 Å². The number of nitrogens with zero attached hydrogens (tertiary/aromatic N) is 2. The zero-order valence-electron chi connectivity index (χ0n) is 27.7. The van der Waals surface area contributed by atoms with Gasteiger partial charge >= 0.3 is 6.09 Å². The van der Waals surface area contributed by atoms with Crippen molar-refractivity contribution in [3.05, 3.63) is 48.0 Å². The Bertz CT molecular complexity index is 1360. The second-order valence-electron chi connectivity index (χ2n) is 14.3. The van der Waals surface area contributed by atoms with Gasteiger partial charge in [0.15, 0.2) is 0 Å². The summed E-state index contributed by atoms with van der Waals surface area (Å²) in [5, 5.41) is 19.3. The molecule has 12 nitrogen and oxygen atoms in total. The van der Waals surface area contributed by atoms with Gasteiger partial charge in [-0.3, -0.25) is 19.2 Å². The van der Waals surface area contributed by atoms with Gasteiger partial charge in [0.2, 0.25) is 23.6 Å². The Morgan fingerprint density at radius 2 is 1.83 bits per heavy atom. The summed E-state index contributed by atoms with van der Waals surface area (Å²) in [7, 11) is 0. The zero-order chi connectivity index (χ0) is 33.8. The molecule has 1 aromatic carbocycles. The maximum Gasteiger partial charge on any atom is 0.408 e. The molecule has 1 aliphatic carbocycles. The van der Waals surface area contributed by atoms with Crippen molar-refractivity contribution in [1.82, 2.24) is 25.8 Å². The normalized spacial score (nSPS) is 29.9. The maximum absolute atomic E-state index is 14.3. The van der Waals surface area contributed by atoms with E-state index in [1.807, 2.05) is 42.5 Å². The highest BCUT2D eigenvalue weighted by molar-refractivity contribution is 6.00. The summed E-state index contributed by atoms with van der Waals surface area (Å²) >= 11 is 0. The minimum Gasteiger partial charge on any atom is -0.444 e. The summed E-state index contributed by atoms with van der Waals surface area (Å²) in [5.41, 5.74) is -1.05. The number of likely N-dealkylation sites (tertiary alicyclic amines) is 1. The maximum atomic E-state index is 14.3. The smallest absolute Gasteiger partial charge is 0.408 e. The number of alkyl carbamates (subject to hydrolysis) is 1. The second-order valence-corrected chi connectivity index (χ2v) is 14.3. The van der Waals surface area contributed by atoms with Crippen LogP contribution in [-0.4, -0.2) is 93.1 Å². The number of fused-ring (bicyclic) bond motifs is 2. The standard InChI is InChI=1S/C35H49N5O7/c1-34(2,3)47-33(46)37-26-16-11-6-4-5-10-15-24-20-35(24,38-30(43)28-19-25(41)22-40(28)31(26)44)32(45)39-18-12-17-27(39)29(42)36-21-23-13-8-7-9-14-23/h7-10,13-15,24-28,41H,4-6,11-12,16-22H2,1-3H3,(H,36,42)(H,37,46)(H,38,43)/t24-,25-,26+,27-,28+,35-/m1/s1. The summed E-state index contributed by atoms with van der Waals surface area (Å²) in [4.78, 5) is 71.1. The summed E-state index contributed by atoms with van der Waals surface area (Å²) in [5.74, 6) is -1.79. The molecule has 4 N–H and O–H groups in total. The van der Waals surface area contributed by atoms with Crippen molar-refractivity contribution in [2.75, 3.05) is 13.1 Å². The number of aliphatic hydroxyl groups excluding tert-OH is 1. The minimum absolute atomic E-state index is 0.00966. The van der Waals surface area contributed by atoms with Crippen LogP contribution in [0.2, 0.25) is 0 Å². The first-order chi connectivity index (χ1) is 22.4. The van der Waals surface area contributed by atoms with Gasteiger partial charge in [-0.05, 0) is 64.9 Å². The highest BCUT2D eigenvalue weighted by Crippen LogP contribution is 2.47. The lowest BCUT2D eigenvalue weighted by Crippen LogP contribution is -2.59. The van der Waals surface area contributed by atoms with Crippen LogP contribution in [0.15, 0.2) is 42.5 Å². The highest BCUT2D eigenvalue weighted by atomic mass is 16.6. The summed E-state index contributed by atoms with van der Waals surface area (Å²) in [6.45, 7) is 5.89. The fraction of sp³-hybridized carbons (Fsp3) is 0.629. The number of hydrogen-bond donors (Lipinski definition) is 4. The Balaban J connectivity index is 1.34. The fourth-order valence-corrected chi connectivity index (χ4v) is 6.97. The second kappa shape index (κ2) is 14.5. The van der Waals surface area contributed by atoms with Gasteiger partial charge in [0.05, 0.1) is 6.10 Å². The van der Waals surface area contributed by atoms with Gasteiger partial charge in [-0.25, -0.2) is 4.79 Å². The molecule has 0 unspecified atom stereocenters. The first kappa shape index (κ1) is 34.4. The third-order valence-corrected chi connectivity index (χ3v) is 9.45. The number of allylic oxidation sites excluding steroid dienone is 1. The SMILES string of the molecule is CC(C)(C)OC(=O)N[C@H]1CCCCCC=C[C@@H]2C[C@@]2(C(=O)N2CCC[C@@H]2C(=O)NCc2ccccc2)NC(=O)[C@@H]2C[C@@H](O)CN2C1=O. The van der Waals surface area contributed by atoms with Gasteiger partial charge in [0.1, 0.15) is 29.3 Å². The molecule has 5 amide bonds. The molecule has 12 heteroatoms. The molecular weight excluding hydrogens is 602 g/mol. The van der Waals surface area contributed by atoms with Crippen molar-refractivity contribution < 1.29 is 33.8 Å². The molecule has 1 saturated carbocycles. The molecule has 5 rings (SSSR count). The predicted octanol–water partition coefficient (Wildman–Crippen LogP) is 2.54. The Morgan fingerprint density at radius 1 is 1.06 bits per heavy atom. The van der Waals surface area contributed by atoms with Crippen LogP contribution in [0.5, 0.6) is 0 Å². The number of benzene rings is 1. The Morgan fingerprint density at radius 3 is 2.57 bits per heavy atom. The molecule has 47 heavy (non-hydrogen) atoms. The Hall–Kier alpha value is -3.93. The van der Waals surface area contributed by atoms with E-state index in [0.717, 1.165) is 24.8 Å². The van der Waals surface area contributed by atoms with Crippen molar-refractivity contribution in [3.63, 3.8) is 0 Å². The van der Waals surface area contributed by atoms with Crippen LogP contribution in [0.25, 0.3) is 0 Å². The molecule has 0 radical (unpaired) electrons. The highest BCUT2D eigenvalue weighted by Gasteiger charge is 2.63. The molecule has 1 aromatic rings. The Labute approximate surface area is 276 Å². The van der Waals surface area contributed by atoms with Crippen LogP contribution in [0.3, 0.4) is 0 Å². The van der Waals surface area contributed by atoms with Gasteiger partial charge < -0.3 is 35.6 Å². The topological polar surface area (TPSA) is 157 Å². The number of aliphatic hydroxyl groups is 1. The summed E-state index contributed by atoms with van der Waals surface area (Å²) in [6.07, 6.45) is 7.41. The minimum atomic E-state index is -1.24. The Kier molecular flexibility index (Phi) is 10.6. The van der Waals surface area contributed by atoms with E-state index >= 15 is 0 Å². The van der Waals surface area contributed by atoms with Gasteiger partial charge in [-0.15, -0.1) is 0 Å². The van der Waals surface area contributed by atoms with Gasteiger partial charge in [0.25, 0.3) is 0 Å². The molecule has 3 heterocycles. The first-order valence-corrected chi connectivity index (χ1v) is 17.0. The molecule has 0 bridgehead atoms. The largest absolute Gasteiger partial charge is 0.444 e.